The van der Waals surface area contributed by atoms with Crippen LogP contribution in [0.15, 0.2) is 24.3 Å². The number of piperidine rings is 1. The van der Waals surface area contributed by atoms with Crippen LogP contribution in [0.4, 0.5) is 0 Å². The second kappa shape index (κ2) is 6.11. The summed E-state index contributed by atoms with van der Waals surface area (Å²) >= 11 is 1.70. The number of para-hydroxylation sites is 1. The fourth-order valence-corrected chi connectivity index (χ4v) is 6.52. The minimum atomic E-state index is -3.02. The first-order valence-electron chi connectivity index (χ1n) is 8.36. The van der Waals surface area contributed by atoms with Crippen molar-refractivity contribution < 1.29 is 13.2 Å². The number of thiazole rings is 1. The normalized spacial score (nSPS) is 26.8. The molecule has 5 nitrogen and oxygen atoms in total. The zero-order valence-corrected chi connectivity index (χ0v) is 15.0. The van der Waals surface area contributed by atoms with E-state index in [0.29, 0.717) is 13.0 Å². The average Bonchev–Trinajstić information content (AvgIpc) is 3.17. The van der Waals surface area contributed by atoms with Gasteiger partial charge in [-0.05, 0) is 31.4 Å². The summed E-state index contributed by atoms with van der Waals surface area (Å²) in [5.41, 5.74) is 1.02. The molecule has 2 aliphatic heterocycles. The quantitative estimate of drug-likeness (QED) is 0.821. The van der Waals surface area contributed by atoms with Gasteiger partial charge in [-0.3, -0.25) is 4.79 Å². The molecule has 24 heavy (non-hydrogen) atoms. The SMILES string of the molecule is O=C([C@H]1CCS(=O)(=O)C1)N1CCC[C@@H](c2nc3ccccc3s2)C1. The van der Waals surface area contributed by atoms with E-state index in [9.17, 15) is 13.2 Å². The zero-order chi connectivity index (χ0) is 16.7. The monoisotopic (exact) mass is 364 g/mol. The van der Waals surface area contributed by atoms with Crippen molar-refractivity contribution in [2.45, 2.75) is 25.2 Å². The number of hydrogen-bond donors (Lipinski definition) is 0. The van der Waals surface area contributed by atoms with Gasteiger partial charge in [0.25, 0.3) is 0 Å². The molecule has 0 N–H and O–H groups in total. The van der Waals surface area contributed by atoms with Crippen molar-refractivity contribution in [3.63, 3.8) is 0 Å². The molecular weight excluding hydrogens is 344 g/mol. The topological polar surface area (TPSA) is 67.3 Å². The molecule has 128 valence electrons. The highest BCUT2D eigenvalue weighted by atomic mass is 32.2. The van der Waals surface area contributed by atoms with E-state index in [-0.39, 0.29) is 29.2 Å². The summed E-state index contributed by atoms with van der Waals surface area (Å²) in [5.74, 6) is 0.108. The van der Waals surface area contributed by atoms with E-state index in [1.165, 1.54) is 4.70 Å². The van der Waals surface area contributed by atoms with Crippen LogP contribution in [0.25, 0.3) is 10.2 Å². The third-order valence-corrected chi connectivity index (χ3v) is 7.94. The number of sulfone groups is 1. The molecule has 3 heterocycles. The molecule has 2 aromatic rings. The van der Waals surface area contributed by atoms with Crippen LogP contribution in [-0.2, 0) is 14.6 Å². The molecule has 2 aliphatic rings. The fourth-order valence-electron chi connectivity index (χ4n) is 3.69. The standard InChI is InChI=1S/C17H20N2O3S2/c20-17(13-7-9-24(21,22)11-13)19-8-3-4-12(10-19)16-18-14-5-1-2-6-15(14)23-16/h1-2,5-6,12-13H,3-4,7-11H2/t12-,13+/m1/s1. The van der Waals surface area contributed by atoms with E-state index in [1.54, 1.807) is 11.3 Å². The third kappa shape index (κ3) is 3.07. The maximum absolute atomic E-state index is 12.7. The summed E-state index contributed by atoms with van der Waals surface area (Å²) in [6.45, 7) is 1.39. The van der Waals surface area contributed by atoms with Crippen LogP contribution in [0, 0.1) is 5.92 Å². The number of benzene rings is 1. The number of rotatable bonds is 2. The fraction of sp³-hybridized carbons (Fsp3) is 0.529. The van der Waals surface area contributed by atoms with Crippen LogP contribution in [0.1, 0.15) is 30.2 Å². The van der Waals surface area contributed by atoms with E-state index in [4.69, 9.17) is 4.98 Å². The molecule has 4 rings (SSSR count). The maximum atomic E-state index is 12.7. The van der Waals surface area contributed by atoms with Gasteiger partial charge in [0.05, 0.1) is 32.6 Å². The summed E-state index contributed by atoms with van der Waals surface area (Å²) in [6, 6.07) is 8.10. The molecule has 0 saturated carbocycles. The highest BCUT2D eigenvalue weighted by Gasteiger charge is 2.37. The van der Waals surface area contributed by atoms with Crippen LogP contribution >= 0.6 is 11.3 Å². The number of carbonyl (C=O) groups is 1. The summed E-state index contributed by atoms with van der Waals surface area (Å²) in [4.78, 5) is 19.3. The predicted octanol–water partition coefficient (Wildman–Crippen LogP) is 2.44. The number of amides is 1. The lowest BCUT2D eigenvalue weighted by Crippen LogP contribution is -2.42. The Morgan fingerprint density at radius 2 is 2.08 bits per heavy atom. The van der Waals surface area contributed by atoms with Crippen LogP contribution < -0.4 is 0 Å². The third-order valence-electron chi connectivity index (χ3n) is 4.97. The van der Waals surface area contributed by atoms with Crippen LogP contribution in [0.2, 0.25) is 0 Å². The number of fused-ring (bicyclic) bond motifs is 1. The Kier molecular flexibility index (Phi) is 4.08. The molecule has 1 aromatic carbocycles. The lowest BCUT2D eigenvalue weighted by Gasteiger charge is -2.33. The summed E-state index contributed by atoms with van der Waals surface area (Å²) in [7, 11) is -3.02. The Morgan fingerprint density at radius 3 is 2.83 bits per heavy atom. The van der Waals surface area contributed by atoms with Crippen molar-refractivity contribution in [1.82, 2.24) is 9.88 Å². The zero-order valence-electron chi connectivity index (χ0n) is 13.3. The second-order valence-corrected chi connectivity index (χ2v) is 10.0. The lowest BCUT2D eigenvalue weighted by molar-refractivity contribution is -0.135. The molecule has 2 fully saturated rings. The first-order chi connectivity index (χ1) is 11.5. The van der Waals surface area contributed by atoms with Crippen molar-refractivity contribution in [3.05, 3.63) is 29.3 Å². The second-order valence-electron chi connectivity index (χ2n) is 6.74. The molecule has 0 radical (unpaired) electrons. The van der Waals surface area contributed by atoms with E-state index >= 15 is 0 Å². The smallest absolute Gasteiger partial charge is 0.226 e. The molecule has 2 saturated heterocycles. The maximum Gasteiger partial charge on any atom is 0.226 e. The first kappa shape index (κ1) is 16.0. The molecule has 0 spiro atoms. The van der Waals surface area contributed by atoms with Gasteiger partial charge < -0.3 is 4.90 Å². The van der Waals surface area contributed by atoms with Crippen molar-refractivity contribution >= 4 is 37.3 Å². The van der Waals surface area contributed by atoms with Gasteiger partial charge in [-0.2, -0.15) is 0 Å². The molecule has 0 aliphatic carbocycles. The first-order valence-corrected chi connectivity index (χ1v) is 11.0. The number of likely N-dealkylation sites (tertiary alicyclic amines) is 1. The highest BCUT2D eigenvalue weighted by molar-refractivity contribution is 7.91. The van der Waals surface area contributed by atoms with Gasteiger partial charge in [-0.25, -0.2) is 13.4 Å². The predicted molar refractivity (Wildman–Crippen MR) is 94.9 cm³/mol. The molecule has 0 bridgehead atoms. The molecule has 2 atom stereocenters. The van der Waals surface area contributed by atoms with E-state index < -0.39 is 9.84 Å². The Bertz CT molecular complexity index is 842. The molecule has 7 heteroatoms. The van der Waals surface area contributed by atoms with Gasteiger partial charge in [0.2, 0.25) is 5.91 Å². The van der Waals surface area contributed by atoms with Gasteiger partial charge in [0.1, 0.15) is 0 Å². The van der Waals surface area contributed by atoms with Crippen LogP contribution in [0.3, 0.4) is 0 Å². The van der Waals surface area contributed by atoms with Gasteiger partial charge in [0, 0.05) is 19.0 Å². The molecule has 1 aromatic heterocycles. The Morgan fingerprint density at radius 1 is 1.25 bits per heavy atom. The van der Waals surface area contributed by atoms with Gasteiger partial charge in [0.15, 0.2) is 9.84 Å². The summed E-state index contributed by atoms with van der Waals surface area (Å²) in [6.07, 6.45) is 2.46. The number of aromatic nitrogens is 1. The van der Waals surface area contributed by atoms with Crippen molar-refractivity contribution in [1.29, 1.82) is 0 Å². The minimum absolute atomic E-state index is 0.0156. The largest absolute Gasteiger partial charge is 0.342 e. The van der Waals surface area contributed by atoms with Crippen molar-refractivity contribution in [3.8, 4) is 0 Å². The van der Waals surface area contributed by atoms with E-state index in [2.05, 4.69) is 6.07 Å². The molecule has 1 amide bonds. The van der Waals surface area contributed by atoms with Gasteiger partial charge in [-0.1, -0.05) is 12.1 Å². The van der Waals surface area contributed by atoms with Gasteiger partial charge >= 0.3 is 0 Å². The lowest BCUT2D eigenvalue weighted by atomic mass is 9.97. The highest BCUT2D eigenvalue weighted by Crippen LogP contribution is 2.34. The Balaban J connectivity index is 1.50. The average molecular weight is 364 g/mol. The Hall–Kier alpha value is -1.47. The molecular formula is C17H20N2O3S2. The number of hydrogen-bond acceptors (Lipinski definition) is 5. The van der Waals surface area contributed by atoms with Gasteiger partial charge in [-0.15, -0.1) is 11.3 Å². The van der Waals surface area contributed by atoms with E-state index in [1.807, 2.05) is 23.1 Å². The summed E-state index contributed by atoms with van der Waals surface area (Å²) < 4.78 is 24.4. The van der Waals surface area contributed by atoms with Crippen molar-refractivity contribution in [2.24, 2.45) is 5.92 Å². The minimum Gasteiger partial charge on any atom is -0.342 e. The summed E-state index contributed by atoms with van der Waals surface area (Å²) in [5, 5.41) is 1.09. The van der Waals surface area contributed by atoms with Crippen LogP contribution in [-0.4, -0.2) is 48.8 Å². The van der Waals surface area contributed by atoms with Crippen molar-refractivity contribution in [2.75, 3.05) is 24.6 Å². The van der Waals surface area contributed by atoms with Crippen LogP contribution in [0.5, 0.6) is 0 Å². The number of nitrogens with zero attached hydrogens (tertiary/aromatic N) is 2. The van der Waals surface area contributed by atoms with E-state index in [0.717, 1.165) is 29.9 Å². The number of carbonyl (C=O) groups excluding carboxylic acids is 1. The Labute approximate surface area is 145 Å². The molecule has 0 unspecified atom stereocenters.